The number of methoxy groups -OCH3 is 1. The third-order valence-electron chi connectivity index (χ3n) is 3.40. The lowest BCUT2D eigenvalue weighted by Crippen LogP contribution is -2.38. The Bertz CT molecular complexity index is 413. The van der Waals surface area contributed by atoms with Gasteiger partial charge >= 0.3 is 0 Å². The zero-order chi connectivity index (χ0) is 13.0. The van der Waals surface area contributed by atoms with Crippen molar-refractivity contribution in [3.05, 3.63) is 23.9 Å². The standard InChI is InChI=1S/C13H20N4O/c1-18-12-4-2-3-11(16-12)9-17-7-5-10(6-8-17)13(14)15/h2-4,10H,5-9H2,1H3,(H3,14,15). The predicted octanol–water partition coefficient (Wildman–Crippen LogP) is 1.24. The molecule has 98 valence electrons. The number of piperidine rings is 1. The van der Waals surface area contributed by atoms with Crippen molar-refractivity contribution in [3.63, 3.8) is 0 Å². The van der Waals surface area contributed by atoms with Crippen LogP contribution in [0.1, 0.15) is 18.5 Å². The minimum absolute atomic E-state index is 0.263. The minimum atomic E-state index is 0.263. The molecule has 1 aliphatic heterocycles. The average Bonchev–Trinajstić information content (AvgIpc) is 2.39. The second-order valence-corrected chi connectivity index (χ2v) is 4.68. The highest BCUT2D eigenvalue weighted by Gasteiger charge is 2.21. The normalized spacial score (nSPS) is 17.6. The van der Waals surface area contributed by atoms with Gasteiger partial charge in [0.05, 0.1) is 18.6 Å². The Morgan fingerprint density at radius 3 is 2.83 bits per heavy atom. The van der Waals surface area contributed by atoms with Crippen molar-refractivity contribution in [1.82, 2.24) is 9.88 Å². The maximum atomic E-state index is 7.46. The number of hydrogen-bond acceptors (Lipinski definition) is 4. The van der Waals surface area contributed by atoms with Crippen LogP contribution >= 0.6 is 0 Å². The summed E-state index contributed by atoms with van der Waals surface area (Å²) in [7, 11) is 1.63. The Hall–Kier alpha value is -1.62. The number of likely N-dealkylation sites (tertiary alicyclic amines) is 1. The van der Waals surface area contributed by atoms with E-state index in [1.54, 1.807) is 7.11 Å². The number of aromatic nitrogens is 1. The smallest absolute Gasteiger partial charge is 0.213 e. The molecule has 0 spiro atoms. The van der Waals surface area contributed by atoms with Gasteiger partial charge < -0.3 is 10.5 Å². The quantitative estimate of drug-likeness (QED) is 0.621. The molecule has 0 bridgehead atoms. The largest absolute Gasteiger partial charge is 0.481 e. The topological polar surface area (TPSA) is 75.2 Å². The van der Waals surface area contributed by atoms with Crippen LogP contribution in [0.5, 0.6) is 5.88 Å². The van der Waals surface area contributed by atoms with Crippen LogP contribution in [0, 0.1) is 11.3 Å². The number of rotatable bonds is 4. The number of nitrogens with zero attached hydrogens (tertiary/aromatic N) is 2. The molecule has 1 aromatic rings. The van der Waals surface area contributed by atoms with E-state index in [0.29, 0.717) is 11.7 Å². The fraction of sp³-hybridized carbons (Fsp3) is 0.538. The third-order valence-corrected chi connectivity index (χ3v) is 3.40. The van der Waals surface area contributed by atoms with E-state index in [9.17, 15) is 0 Å². The van der Waals surface area contributed by atoms with Crippen LogP contribution in [0.25, 0.3) is 0 Å². The van der Waals surface area contributed by atoms with Crippen molar-refractivity contribution in [1.29, 1.82) is 5.41 Å². The summed E-state index contributed by atoms with van der Waals surface area (Å²) in [6.07, 6.45) is 1.94. The highest BCUT2D eigenvalue weighted by Crippen LogP contribution is 2.18. The summed E-state index contributed by atoms with van der Waals surface area (Å²) >= 11 is 0. The third kappa shape index (κ3) is 3.20. The molecule has 0 radical (unpaired) electrons. The van der Waals surface area contributed by atoms with Crippen molar-refractivity contribution < 1.29 is 4.74 Å². The number of ether oxygens (including phenoxy) is 1. The van der Waals surface area contributed by atoms with E-state index >= 15 is 0 Å². The molecule has 0 atom stereocenters. The molecule has 1 aliphatic rings. The summed E-state index contributed by atoms with van der Waals surface area (Å²) in [4.78, 5) is 6.76. The molecule has 5 nitrogen and oxygen atoms in total. The van der Waals surface area contributed by atoms with Gasteiger partial charge in [0.25, 0.3) is 0 Å². The van der Waals surface area contributed by atoms with Crippen molar-refractivity contribution in [2.45, 2.75) is 19.4 Å². The maximum Gasteiger partial charge on any atom is 0.213 e. The number of nitrogens with one attached hydrogen (secondary N) is 1. The molecule has 1 fully saturated rings. The lowest BCUT2D eigenvalue weighted by molar-refractivity contribution is 0.198. The van der Waals surface area contributed by atoms with Crippen LogP contribution in [0.2, 0.25) is 0 Å². The second-order valence-electron chi connectivity index (χ2n) is 4.68. The molecule has 18 heavy (non-hydrogen) atoms. The molecule has 0 saturated carbocycles. The minimum Gasteiger partial charge on any atom is -0.481 e. The van der Waals surface area contributed by atoms with E-state index in [1.165, 1.54) is 0 Å². The molecular formula is C13H20N4O. The molecule has 0 amide bonds. The summed E-state index contributed by atoms with van der Waals surface area (Å²) < 4.78 is 5.12. The number of nitrogens with two attached hydrogens (primary N) is 1. The lowest BCUT2D eigenvalue weighted by Gasteiger charge is -2.31. The van der Waals surface area contributed by atoms with Gasteiger partial charge in [-0.3, -0.25) is 10.3 Å². The van der Waals surface area contributed by atoms with Crippen molar-refractivity contribution >= 4 is 5.84 Å². The molecule has 0 aromatic carbocycles. The predicted molar refractivity (Wildman–Crippen MR) is 70.7 cm³/mol. The van der Waals surface area contributed by atoms with Gasteiger partial charge in [0.15, 0.2) is 0 Å². The SMILES string of the molecule is COc1cccc(CN2CCC(C(=N)N)CC2)n1. The maximum absolute atomic E-state index is 7.46. The van der Waals surface area contributed by atoms with Crippen LogP contribution in [0.15, 0.2) is 18.2 Å². The van der Waals surface area contributed by atoms with Crippen LogP contribution in [-0.2, 0) is 6.54 Å². The Morgan fingerprint density at radius 2 is 2.22 bits per heavy atom. The summed E-state index contributed by atoms with van der Waals surface area (Å²) in [5, 5.41) is 7.46. The fourth-order valence-electron chi connectivity index (χ4n) is 2.29. The van der Waals surface area contributed by atoms with Crippen molar-refractivity contribution in [3.8, 4) is 5.88 Å². The Morgan fingerprint density at radius 1 is 1.50 bits per heavy atom. The first-order valence-corrected chi connectivity index (χ1v) is 6.25. The van der Waals surface area contributed by atoms with Gasteiger partial charge in [-0.05, 0) is 32.0 Å². The molecular weight excluding hydrogens is 228 g/mol. The summed E-state index contributed by atoms with van der Waals surface area (Å²) in [6.45, 7) is 2.79. The first-order chi connectivity index (χ1) is 8.69. The van der Waals surface area contributed by atoms with Crippen LogP contribution in [-0.4, -0.2) is 35.9 Å². The lowest BCUT2D eigenvalue weighted by atomic mass is 9.96. The van der Waals surface area contributed by atoms with Gasteiger partial charge in [-0.2, -0.15) is 0 Å². The first-order valence-electron chi connectivity index (χ1n) is 6.25. The molecule has 1 saturated heterocycles. The summed E-state index contributed by atoms with van der Waals surface area (Å²) in [5.41, 5.74) is 6.56. The monoisotopic (exact) mass is 248 g/mol. The molecule has 5 heteroatoms. The fourth-order valence-corrected chi connectivity index (χ4v) is 2.29. The number of hydrogen-bond donors (Lipinski definition) is 2. The van der Waals surface area contributed by atoms with Gasteiger partial charge in [-0.25, -0.2) is 4.98 Å². The van der Waals surface area contributed by atoms with Crippen LogP contribution < -0.4 is 10.5 Å². The van der Waals surface area contributed by atoms with E-state index in [-0.39, 0.29) is 5.92 Å². The van der Waals surface area contributed by atoms with Crippen molar-refractivity contribution in [2.75, 3.05) is 20.2 Å². The van der Waals surface area contributed by atoms with Gasteiger partial charge in [0.1, 0.15) is 0 Å². The van der Waals surface area contributed by atoms with Gasteiger partial charge in [-0.1, -0.05) is 6.07 Å². The molecule has 2 heterocycles. The van der Waals surface area contributed by atoms with Crippen LogP contribution in [0.3, 0.4) is 0 Å². The first kappa shape index (κ1) is 12.8. The molecule has 0 aliphatic carbocycles. The second kappa shape index (κ2) is 5.82. The van der Waals surface area contributed by atoms with E-state index in [4.69, 9.17) is 15.9 Å². The number of amidine groups is 1. The highest BCUT2D eigenvalue weighted by atomic mass is 16.5. The van der Waals surface area contributed by atoms with E-state index in [2.05, 4.69) is 9.88 Å². The highest BCUT2D eigenvalue weighted by molar-refractivity contribution is 5.79. The molecule has 1 aromatic heterocycles. The van der Waals surface area contributed by atoms with E-state index < -0.39 is 0 Å². The van der Waals surface area contributed by atoms with Gasteiger partial charge in [-0.15, -0.1) is 0 Å². The summed E-state index contributed by atoms with van der Waals surface area (Å²) in [5.74, 6) is 1.25. The van der Waals surface area contributed by atoms with Gasteiger partial charge in [0.2, 0.25) is 5.88 Å². The van der Waals surface area contributed by atoms with Crippen molar-refractivity contribution in [2.24, 2.45) is 11.7 Å². The summed E-state index contributed by atoms with van der Waals surface area (Å²) in [6, 6.07) is 5.83. The average molecular weight is 248 g/mol. The van der Waals surface area contributed by atoms with Crippen LogP contribution in [0.4, 0.5) is 0 Å². The number of pyridine rings is 1. The zero-order valence-electron chi connectivity index (χ0n) is 10.7. The van der Waals surface area contributed by atoms with E-state index in [1.807, 2.05) is 18.2 Å². The molecule has 3 N–H and O–H groups in total. The Labute approximate surface area is 107 Å². The molecule has 2 rings (SSSR count). The Balaban J connectivity index is 1.89. The Kier molecular flexibility index (Phi) is 4.15. The molecule has 0 unspecified atom stereocenters. The van der Waals surface area contributed by atoms with Gasteiger partial charge in [0, 0.05) is 18.5 Å². The van der Waals surface area contributed by atoms with E-state index in [0.717, 1.165) is 38.2 Å². The zero-order valence-corrected chi connectivity index (χ0v) is 10.7.